The summed E-state index contributed by atoms with van der Waals surface area (Å²) in [6.07, 6.45) is 0. The summed E-state index contributed by atoms with van der Waals surface area (Å²) < 4.78 is 0. The number of aromatic amines is 1. The van der Waals surface area contributed by atoms with Crippen LogP contribution in [-0.2, 0) is 5.41 Å². The SMILES string of the molecule is Cc1ccc(-c2ccc(N(c3ccc(-c4ccc5[nH]c6ccccc6c5c4)cc3)c3ccc4c(c3)C(C)(C)c3ccccc3-4)cc2)cc1. The summed E-state index contributed by atoms with van der Waals surface area (Å²) in [6.45, 7) is 6.83. The number of anilines is 3. The topological polar surface area (TPSA) is 19.0 Å². The number of benzene rings is 7. The summed E-state index contributed by atoms with van der Waals surface area (Å²) in [5.41, 5.74) is 17.2. The van der Waals surface area contributed by atoms with Crippen molar-refractivity contribution in [3.63, 3.8) is 0 Å². The number of aromatic nitrogens is 1. The molecule has 8 aromatic rings. The van der Waals surface area contributed by atoms with E-state index >= 15 is 0 Å². The number of hydrogen-bond acceptors (Lipinski definition) is 1. The lowest BCUT2D eigenvalue weighted by Crippen LogP contribution is -2.16. The van der Waals surface area contributed by atoms with Crippen molar-refractivity contribution in [2.24, 2.45) is 0 Å². The summed E-state index contributed by atoms with van der Waals surface area (Å²) in [6, 6.07) is 57.9. The predicted molar refractivity (Wildman–Crippen MR) is 204 cm³/mol. The van der Waals surface area contributed by atoms with Gasteiger partial charge in [-0.3, -0.25) is 0 Å². The second-order valence-corrected chi connectivity index (χ2v) is 13.6. The predicted octanol–water partition coefficient (Wildman–Crippen LogP) is 12.7. The van der Waals surface area contributed by atoms with Crippen molar-refractivity contribution >= 4 is 38.9 Å². The second-order valence-electron chi connectivity index (χ2n) is 13.6. The van der Waals surface area contributed by atoms with Crippen LogP contribution in [0.4, 0.5) is 17.1 Å². The molecule has 1 aliphatic carbocycles. The lowest BCUT2D eigenvalue weighted by Gasteiger charge is -2.28. The van der Waals surface area contributed by atoms with E-state index in [0.29, 0.717) is 0 Å². The van der Waals surface area contributed by atoms with Gasteiger partial charge in [-0.15, -0.1) is 0 Å². The molecule has 2 nitrogen and oxygen atoms in total. The zero-order valence-electron chi connectivity index (χ0n) is 27.5. The van der Waals surface area contributed by atoms with Crippen molar-refractivity contribution in [2.75, 3.05) is 4.90 Å². The third kappa shape index (κ3) is 4.56. The highest BCUT2D eigenvalue weighted by Gasteiger charge is 2.35. The van der Waals surface area contributed by atoms with Gasteiger partial charge in [-0.1, -0.05) is 123 Å². The molecule has 0 bridgehead atoms. The van der Waals surface area contributed by atoms with Gasteiger partial charge in [0, 0.05) is 44.3 Å². The van der Waals surface area contributed by atoms with E-state index < -0.39 is 0 Å². The smallest absolute Gasteiger partial charge is 0.0465 e. The zero-order chi connectivity index (χ0) is 32.4. The molecular formula is C46H36N2. The molecule has 1 aliphatic rings. The van der Waals surface area contributed by atoms with Crippen LogP contribution in [0.25, 0.3) is 55.2 Å². The number of nitrogens with one attached hydrogen (secondary N) is 1. The lowest BCUT2D eigenvalue weighted by molar-refractivity contribution is 0.660. The molecule has 9 rings (SSSR count). The molecule has 0 spiro atoms. The largest absolute Gasteiger partial charge is 0.355 e. The second kappa shape index (κ2) is 10.9. The van der Waals surface area contributed by atoms with Gasteiger partial charge in [-0.05, 0) is 106 Å². The summed E-state index contributed by atoms with van der Waals surface area (Å²) in [5, 5.41) is 2.51. The fraction of sp³-hybridized carbons (Fsp3) is 0.0870. The minimum absolute atomic E-state index is 0.0756. The first-order chi connectivity index (χ1) is 23.4. The van der Waals surface area contributed by atoms with Crippen LogP contribution >= 0.6 is 0 Å². The number of hydrogen-bond donors (Lipinski definition) is 1. The first kappa shape index (κ1) is 28.4. The number of fused-ring (bicyclic) bond motifs is 6. The van der Waals surface area contributed by atoms with Gasteiger partial charge in [-0.2, -0.15) is 0 Å². The first-order valence-corrected chi connectivity index (χ1v) is 16.8. The molecule has 0 saturated carbocycles. The zero-order valence-corrected chi connectivity index (χ0v) is 27.5. The molecule has 0 radical (unpaired) electrons. The maximum atomic E-state index is 3.56. The number of aryl methyl sites for hydroxylation is 1. The van der Waals surface area contributed by atoms with E-state index in [1.54, 1.807) is 0 Å². The molecule has 1 N–H and O–H groups in total. The van der Waals surface area contributed by atoms with Crippen molar-refractivity contribution in [2.45, 2.75) is 26.2 Å². The van der Waals surface area contributed by atoms with Crippen LogP contribution in [0.15, 0.2) is 158 Å². The van der Waals surface area contributed by atoms with Crippen LogP contribution in [-0.4, -0.2) is 4.98 Å². The van der Waals surface area contributed by atoms with Crippen LogP contribution in [0.3, 0.4) is 0 Å². The van der Waals surface area contributed by atoms with E-state index in [2.05, 4.69) is 188 Å². The summed E-state index contributed by atoms with van der Waals surface area (Å²) in [4.78, 5) is 5.95. The van der Waals surface area contributed by atoms with Gasteiger partial charge in [0.15, 0.2) is 0 Å². The quantitative estimate of drug-likeness (QED) is 0.204. The highest BCUT2D eigenvalue weighted by molar-refractivity contribution is 6.08. The molecule has 0 atom stereocenters. The van der Waals surface area contributed by atoms with E-state index in [4.69, 9.17) is 0 Å². The Morgan fingerprint density at radius 3 is 1.71 bits per heavy atom. The monoisotopic (exact) mass is 616 g/mol. The average Bonchev–Trinajstić information content (AvgIpc) is 3.61. The van der Waals surface area contributed by atoms with Crippen LogP contribution in [0.2, 0.25) is 0 Å². The Balaban J connectivity index is 1.14. The Morgan fingerprint density at radius 1 is 0.438 bits per heavy atom. The Morgan fingerprint density at radius 2 is 0.979 bits per heavy atom. The van der Waals surface area contributed by atoms with Gasteiger partial charge in [0.25, 0.3) is 0 Å². The van der Waals surface area contributed by atoms with Gasteiger partial charge in [-0.25, -0.2) is 0 Å². The van der Waals surface area contributed by atoms with Crippen LogP contribution < -0.4 is 4.90 Å². The molecular weight excluding hydrogens is 581 g/mol. The van der Waals surface area contributed by atoms with Gasteiger partial charge >= 0.3 is 0 Å². The first-order valence-electron chi connectivity index (χ1n) is 16.8. The minimum atomic E-state index is -0.0756. The molecule has 1 heterocycles. The third-order valence-corrected chi connectivity index (χ3v) is 10.3. The summed E-state index contributed by atoms with van der Waals surface area (Å²) >= 11 is 0. The Labute approximate surface area is 282 Å². The van der Waals surface area contributed by atoms with Crippen molar-refractivity contribution < 1.29 is 0 Å². The van der Waals surface area contributed by atoms with Crippen LogP contribution in [0.1, 0.15) is 30.5 Å². The molecule has 0 aliphatic heterocycles. The summed E-state index contributed by atoms with van der Waals surface area (Å²) in [5.74, 6) is 0. The number of H-pyrrole nitrogens is 1. The lowest BCUT2D eigenvalue weighted by atomic mass is 9.82. The van der Waals surface area contributed by atoms with Crippen molar-refractivity contribution in [3.05, 3.63) is 174 Å². The molecule has 7 aromatic carbocycles. The maximum absolute atomic E-state index is 3.56. The molecule has 0 saturated heterocycles. The van der Waals surface area contributed by atoms with Crippen molar-refractivity contribution in [3.8, 4) is 33.4 Å². The van der Waals surface area contributed by atoms with Gasteiger partial charge < -0.3 is 9.88 Å². The van der Waals surface area contributed by atoms with E-state index in [1.165, 1.54) is 71.9 Å². The molecule has 230 valence electrons. The number of nitrogens with zero attached hydrogens (tertiary/aromatic N) is 1. The van der Waals surface area contributed by atoms with Crippen LogP contribution in [0.5, 0.6) is 0 Å². The molecule has 2 heteroatoms. The fourth-order valence-electron chi connectivity index (χ4n) is 7.66. The van der Waals surface area contributed by atoms with E-state index in [9.17, 15) is 0 Å². The maximum Gasteiger partial charge on any atom is 0.0465 e. The molecule has 0 fully saturated rings. The average molecular weight is 617 g/mol. The van der Waals surface area contributed by atoms with E-state index in [0.717, 1.165) is 17.1 Å². The fourth-order valence-corrected chi connectivity index (χ4v) is 7.66. The normalized spacial score (nSPS) is 13.1. The Bertz CT molecular complexity index is 2460. The standard InChI is InChI=1S/C46H36N2/c1-30-12-14-31(15-13-30)32-16-21-35(22-17-32)48(37-25-26-39-38-8-4-6-10-42(38)46(2,3)43(39)29-37)36-23-18-33(19-24-36)34-20-27-45-41(28-34)40-9-5-7-11-44(40)47-45/h4-29,47H,1-3H3. The minimum Gasteiger partial charge on any atom is -0.355 e. The van der Waals surface area contributed by atoms with E-state index in [-0.39, 0.29) is 5.41 Å². The van der Waals surface area contributed by atoms with Gasteiger partial charge in [0.1, 0.15) is 0 Å². The summed E-state index contributed by atoms with van der Waals surface area (Å²) in [7, 11) is 0. The Kier molecular flexibility index (Phi) is 6.42. The molecule has 1 aromatic heterocycles. The number of rotatable bonds is 5. The van der Waals surface area contributed by atoms with Crippen molar-refractivity contribution in [1.82, 2.24) is 4.98 Å². The van der Waals surface area contributed by atoms with Crippen LogP contribution in [0, 0.1) is 6.92 Å². The van der Waals surface area contributed by atoms with Gasteiger partial charge in [0.05, 0.1) is 0 Å². The molecule has 48 heavy (non-hydrogen) atoms. The number of para-hydroxylation sites is 1. The highest BCUT2D eigenvalue weighted by atomic mass is 15.1. The van der Waals surface area contributed by atoms with Crippen molar-refractivity contribution in [1.29, 1.82) is 0 Å². The molecule has 0 unspecified atom stereocenters. The highest BCUT2D eigenvalue weighted by Crippen LogP contribution is 2.50. The Hall–Kier alpha value is -5.86. The molecule has 0 amide bonds. The third-order valence-electron chi connectivity index (χ3n) is 10.3. The van der Waals surface area contributed by atoms with E-state index in [1.807, 2.05) is 0 Å². The van der Waals surface area contributed by atoms with Gasteiger partial charge in [0.2, 0.25) is 0 Å².